The topological polar surface area (TPSA) is 89.1 Å². The van der Waals surface area contributed by atoms with Gasteiger partial charge < -0.3 is 10.3 Å². The average Bonchev–Trinajstić information content (AvgIpc) is 2.35. The normalized spacial score (nSPS) is 12.8. The van der Waals surface area contributed by atoms with E-state index in [0.717, 1.165) is 0 Å². The first-order valence-corrected chi connectivity index (χ1v) is 3.95. The second-order valence-electron chi connectivity index (χ2n) is 2.99. The lowest BCUT2D eigenvalue weighted by Gasteiger charge is -2.04. The number of rotatable bonds is 3. The molecule has 0 fully saturated rings. The molecule has 0 aliphatic heterocycles. The monoisotopic (exact) mass is 184 g/mol. The molecular formula is C8H12N2O3. The van der Waals surface area contributed by atoms with E-state index in [2.05, 4.69) is 5.16 Å². The Balaban J connectivity index is 2.85. The molecule has 1 heterocycles. The molecule has 0 bridgehead atoms. The molecule has 1 aromatic rings. The van der Waals surface area contributed by atoms with Crippen molar-refractivity contribution in [1.29, 1.82) is 0 Å². The second kappa shape index (κ2) is 3.57. The van der Waals surface area contributed by atoms with Crippen LogP contribution < -0.4 is 11.3 Å². The van der Waals surface area contributed by atoms with Crippen molar-refractivity contribution in [3.8, 4) is 0 Å². The summed E-state index contributed by atoms with van der Waals surface area (Å²) in [7, 11) is 0. The third kappa shape index (κ3) is 2.06. The van der Waals surface area contributed by atoms with Crippen molar-refractivity contribution in [2.75, 3.05) is 0 Å². The Morgan fingerprint density at radius 3 is 2.69 bits per heavy atom. The Hall–Kier alpha value is -1.36. The number of Topliss-reactive ketones (excluding diaryl/α,β-unsaturated/α-hetero) is 1. The number of aromatic nitrogens is 1. The number of aromatic amines is 1. The van der Waals surface area contributed by atoms with Gasteiger partial charge in [0.2, 0.25) is 0 Å². The van der Waals surface area contributed by atoms with Crippen LogP contribution in [0.2, 0.25) is 0 Å². The van der Waals surface area contributed by atoms with Gasteiger partial charge >= 0.3 is 0 Å². The van der Waals surface area contributed by atoms with E-state index >= 15 is 0 Å². The molecule has 0 aliphatic rings. The quantitative estimate of drug-likeness (QED) is 0.677. The molecule has 0 spiro atoms. The first-order valence-electron chi connectivity index (χ1n) is 3.95. The van der Waals surface area contributed by atoms with Gasteiger partial charge in [-0.05, 0) is 13.8 Å². The first kappa shape index (κ1) is 9.73. The number of carbonyl (C=O) groups excluding carboxylic acids is 1. The second-order valence-corrected chi connectivity index (χ2v) is 2.99. The van der Waals surface area contributed by atoms with Crippen LogP contribution in [0, 0.1) is 6.92 Å². The fraction of sp³-hybridized carbons (Fsp3) is 0.500. The lowest BCUT2D eigenvalue weighted by Crippen LogP contribution is -2.32. The van der Waals surface area contributed by atoms with Crippen LogP contribution in [0.3, 0.4) is 0 Å². The fourth-order valence-electron chi connectivity index (χ4n) is 1.01. The summed E-state index contributed by atoms with van der Waals surface area (Å²) in [5, 5.41) is 2.18. The van der Waals surface area contributed by atoms with Gasteiger partial charge in [-0.15, -0.1) is 0 Å². The highest BCUT2D eigenvalue weighted by Crippen LogP contribution is 2.03. The van der Waals surface area contributed by atoms with Crippen molar-refractivity contribution in [3.63, 3.8) is 0 Å². The van der Waals surface area contributed by atoms with Crippen LogP contribution >= 0.6 is 0 Å². The number of H-pyrrole nitrogens is 1. The van der Waals surface area contributed by atoms with Crippen molar-refractivity contribution in [3.05, 3.63) is 21.7 Å². The van der Waals surface area contributed by atoms with Crippen LogP contribution in [0.25, 0.3) is 0 Å². The molecule has 0 aromatic carbocycles. The third-order valence-corrected chi connectivity index (χ3v) is 1.94. The lowest BCUT2D eigenvalue weighted by atomic mass is 10.1. The Morgan fingerprint density at radius 2 is 2.31 bits per heavy atom. The Bertz CT molecular complexity index is 364. The predicted octanol–water partition coefficient (Wildman–Crippen LogP) is -0.265. The van der Waals surface area contributed by atoms with E-state index in [4.69, 9.17) is 10.3 Å². The maximum atomic E-state index is 11.1. The molecule has 0 saturated heterocycles. The Labute approximate surface area is 74.9 Å². The smallest absolute Gasteiger partial charge is 0.283 e. The van der Waals surface area contributed by atoms with Crippen molar-refractivity contribution >= 4 is 5.78 Å². The van der Waals surface area contributed by atoms with E-state index in [-0.39, 0.29) is 17.8 Å². The summed E-state index contributed by atoms with van der Waals surface area (Å²) in [6, 6.07) is -0.627. The van der Waals surface area contributed by atoms with E-state index < -0.39 is 6.04 Å². The summed E-state index contributed by atoms with van der Waals surface area (Å²) < 4.78 is 4.77. The van der Waals surface area contributed by atoms with Crippen LogP contribution in [-0.4, -0.2) is 17.0 Å². The highest BCUT2D eigenvalue weighted by Gasteiger charge is 2.15. The van der Waals surface area contributed by atoms with Gasteiger partial charge in [0.05, 0.1) is 11.6 Å². The van der Waals surface area contributed by atoms with Gasteiger partial charge in [0.1, 0.15) is 11.5 Å². The molecule has 0 unspecified atom stereocenters. The summed E-state index contributed by atoms with van der Waals surface area (Å²) >= 11 is 0. The van der Waals surface area contributed by atoms with Crippen molar-refractivity contribution < 1.29 is 9.32 Å². The molecule has 72 valence electrons. The van der Waals surface area contributed by atoms with E-state index in [1.54, 1.807) is 6.92 Å². The van der Waals surface area contributed by atoms with E-state index in [1.165, 1.54) is 6.92 Å². The summed E-state index contributed by atoms with van der Waals surface area (Å²) in [6.07, 6.45) is 0.229. The summed E-state index contributed by atoms with van der Waals surface area (Å²) in [5.74, 6) is 0.349. The van der Waals surface area contributed by atoms with E-state index in [9.17, 15) is 9.59 Å². The Kier molecular flexibility index (Phi) is 2.67. The maximum absolute atomic E-state index is 11.1. The first-order chi connectivity index (χ1) is 6.02. The molecule has 13 heavy (non-hydrogen) atoms. The van der Waals surface area contributed by atoms with Gasteiger partial charge in [0.25, 0.3) is 5.56 Å². The average molecular weight is 184 g/mol. The Morgan fingerprint density at radius 1 is 1.69 bits per heavy atom. The van der Waals surface area contributed by atoms with Crippen LogP contribution in [0.1, 0.15) is 18.2 Å². The van der Waals surface area contributed by atoms with Crippen LogP contribution in [-0.2, 0) is 11.2 Å². The molecule has 1 atom stereocenters. The van der Waals surface area contributed by atoms with Gasteiger partial charge in [-0.25, -0.2) is 0 Å². The predicted molar refractivity (Wildman–Crippen MR) is 46.4 cm³/mol. The minimum atomic E-state index is -0.627. The minimum absolute atomic E-state index is 0.139. The number of carbonyl (C=O) groups is 1. The zero-order valence-corrected chi connectivity index (χ0v) is 7.59. The van der Waals surface area contributed by atoms with Gasteiger partial charge in [-0.2, -0.15) is 5.16 Å². The fourth-order valence-corrected chi connectivity index (χ4v) is 1.01. The van der Waals surface area contributed by atoms with Gasteiger partial charge in [-0.3, -0.25) is 9.59 Å². The van der Waals surface area contributed by atoms with Gasteiger partial charge in [0, 0.05) is 6.42 Å². The van der Waals surface area contributed by atoms with Gasteiger partial charge in [0.15, 0.2) is 0 Å². The molecule has 0 radical (unpaired) electrons. The zero-order chi connectivity index (χ0) is 10.0. The summed E-state index contributed by atoms with van der Waals surface area (Å²) in [4.78, 5) is 21.9. The number of nitrogens with two attached hydrogens (primary N) is 1. The van der Waals surface area contributed by atoms with Crippen molar-refractivity contribution in [2.45, 2.75) is 26.3 Å². The molecule has 5 nitrogen and oxygen atoms in total. The van der Waals surface area contributed by atoms with Crippen molar-refractivity contribution in [1.82, 2.24) is 5.16 Å². The number of aryl methyl sites for hydroxylation is 1. The van der Waals surface area contributed by atoms with Crippen LogP contribution in [0.4, 0.5) is 0 Å². The summed E-state index contributed by atoms with van der Waals surface area (Å²) in [6.45, 7) is 3.05. The number of ketones is 1. The molecule has 1 rings (SSSR count). The van der Waals surface area contributed by atoms with Crippen molar-refractivity contribution in [2.24, 2.45) is 5.73 Å². The zero-order valence-electron chi connectivity index (χ0n) is 7.59. The highest BCUT2D eigenvalue weighted by molar-refractivity contribution is 5.81. The summed E-state index contributed by atoms with van der Waals surface area (Å²) in [5.41, 5.74) is 5.64. The molecule has 3 N–H and O–H groups in total. The standard InChI is InChI=1S/C8H12N2O3/c1-4(11)7(9)3-6-5(2)13-10-8(6)12/h7H,3,9H2,1-2H3,(H,10,12)/t7-/m0/s1. The van der Waals surface area contributed by atoms with Crippen LogP contribution in [0.5, 0.6) is 0 Å². The van der Waals surface area contributed by atoms with Gasteiger partial charge in [-0.1, -0.05) is 0 Å². The third-order valence-electron chi connectivity index (χ3n) is 1.94. The van der Waals surface area contributed by atoms with Crippen LogP contribution in [0.15, 0.2) is 9.32 Å². The molecule has 0 aliphatic carbocycles. The van der Waals surface area contributed by atoms with E-state index in [1.807, 2.05) is 0 Å². The molecular weight excluding hydrogens is 172 g/mol. The number of hydrogen-bond donors (Lipinski definition) is 2. The lowest BCUT2D eigenvalue weighted by molar-refractivity contribution is -0.118. The molecule has 5 heteroatoms. The maximum Gasteiger partial charge on any atom is 0.283 e. The number of hydrogen-bond acceptors (Lipinski definition) is 4. The number of nitrogens with one attached hydrogen (secondary N) is 1. The largest absolute Gasteiger partial charge is 0.384 e. The SMILES string of the molecule is CC(=O)[C@@H](N)Cc1c(C)o[nH]c1=O. The molecule has 0 amide bonds. The highest BCUT2D eigenvalue weighted by atomic mass is 16.5. The molecule has 1 aromatic heterocycles. The molecule has 0 saturated carbocycles. The minimum Gasteiger partial charge on any atom is -0.384 e. The van der Waals surface area contributed by atoms with E-state index in [0.29, 0.717) is 11.3 Å².